The second-order valence-electron chi connectivity index (χ2n) is 7.30. The molecule has 170 valence electrons. The predicted octanol–water partition coefficient (Wildman–Crippen LogP) is 4.45. The van der Waals surface area contributed by atoms with Crippen molar-refractivity contribution in [2.24, 2.45) is 0 Å². The van der Waals surface area contributed by atoms with Gasteiger partial charge < -0.3 is 9.47 Å². The highest BCUT2D eigenvalue weighted by Gasteiger charge is 2.34. The average molecular weight is 451 g/mol. The normalized spacial score (nSPS) is 20.3. The molecule has 0 heterocycles. The highest BCUT2D eigenvalue weighted by Crippen LogP contribution is 2.32. The van der Waals surface area contributed by atoms with E-state index >= 15 is 0 Å². The van der Waals surface area contributed by atoms with Gasteiger partial charge in [-0.05, 0) is 63.3 Å². The maximum atomic E-state index is 12.8. The van der Waals surface area contributed by atoms with E-state index in [1.165, 1.54) is 11.4 Å². The number of halogens is 3. The molecule has 6 nitrogen and oxygen atoms in total. The molecule has 1 fully saturated rings. The van der Waals surface area contributed by atoms with Crippen LogP contribution in [0.3, 0.4) is 0 Å². The molecule has 0 unspecified atom stereocenters. The Balaban J connectivity index is 1.84. The molecule has 0 aliphatic heterocycles. The minimum absolute atomic E-state index is 0.0460. The molecule has 0 aromatic heterocycles. The molecular weight excluding hydrogens is 421 g/mol. The number of sulfonamides is 1. The van der Waals surface area contributed by atoms with Gasteiger partial charge in [-0.25, -0.2) is 8.42 Å². The van der Waals surface area contributed by atoms with E-state index in [1.807, 2.05) is 6.92 Å². The Morgan fingerprint density at radius 3 is 2.30 bits per heavy atom. The van der Waals surface area contributed by atoms with Crippen molar-refractivity contribution in [3.63, 3.8) is 0 Å². The van der Waals surface area contributed by atoms with Crippen molar-refractivity contribution in [1.29, 1.82) is 5.41 Å². The highest BCUT2D eigenvalue weighted by molar-refractivity contribution is 7.89. The smallest absolute Gasteiger partial charge is 0.416 e. The van der Waals surface area contributed by atoms with E-state index in [9.17, 15) is 21.6 Å². The van der Waals surface area contributed by atoms with Gasteiger partial charge in [-0.1, -0.05) is 0 Å². The monoisotopic (exact) mass is 450 g/mol. The zero-order chi connectivity index (χ0) is 22.4. The molecule has 1 aliphatic rings. The quantitative estimate of drug-likeness (QED) is 0.343. The Bertz CT molecular complexity index is 789. The third-order valence-corrected chi connectivity index (χ3v) is 7.16. The van der Waals surface area contributed by atoms with Crippen LogP contribution in [0.4, 0.5) is 13.2 Å². The summed E-state index contributed by atoms with van der Waals surface area (Å²) in [4.78, 5) is -0.145. The zero-order valence-corrected chi connectivity index (χ0v) is 18.1. The first-order valence-corrected chi connectivity index (χ1v) is 11.5. The van der Waals surface area contributed by atoms with E-state index in [0.29, 0.717) is 51.7 Å². The maximum Gasteiger partial charge on any atom is 0.416 e. The number of alkyl halides is 3. The van der Waals surface area contributed by atoms with Gasteiger partial charge in [0.05, 0.1) is 23.2 Å². The molecule has 1 saturated carbocycles. The second-order valence-corrected chi connectivity index (χ2v) is 9.30. The van der Waals surface area contributed by atoms with Gasteiger partial charge in [0.2, 0.25) is 10.0 Å². The minimum Gasteiger partial charge on any atom is -0.481 e. The molecule has 1 aromatic carbocycles. The van der Waals surface area contributed by atoms with E-state index in [-0.39, 0.29) is 22.9 Å². The third kappa shape index (κ3) is 6.68. The number of ether oxygens (including phenoxy) is 2. The largest absolute Gasteiger partial charge is 0.481 e. The molecule has 30 heavy (non-hydrogen) atoms. The number of hydrogen-bond donors (Lipinski definition) is 1. The summed E-state index contributed by atoms with van der Waals surface area (Å²) in [6.07, 6.45) is -0.578. The van der Waals surface area contributed by atoms with Crippen molar-refractivity contribution in [1.82, 2.24) is 4.31 Å². The molecule has 0 atom stereocenters. The lowest BCUT2D eigenvalue weighted by Gasteiger charge is -2.34. The first kappa shape index (κ1) is 24.6. The number of nitrogens with one attached hydrogen (secondary N) is 1. The minimum atomic E-state index is -4.50. The summed E-state index contributed by atoms with van der Waals surface area (Å²) in [5.74, 6) is 0.250. The molecular formula is C20H29F3N2O4S. The summed E-state index contributed by atoms with van der Waals surface area (Å²) in [7, 11) is -2.40. The van der Waals surface area contributed by atoms with Crippen LogP contribution in [0.1, 0.15) is 51.0 Å². The fourth-order valence-corrected chi connectivity index (χ4v) is 4.90. The first-order chi connectivity index (χ1) is 14.1. The third-order valence-electron chi connectivity index (χ3n) is 5.24. The van der Waals surface area contributed by atoms with Crippen molar-refractivity contribution in [2.75, 3.05) is 20.3 Å². The summed E-state index contributed by atoms with van der Waals surface area (Å²) in [5.41, 5.74) is -0.877. The average Bonchev–Trinajstić information content (AvgIpc) is 2.71. The van der Waals surface area contributed by atoms with Crippen LogP contribution in [0.15, 0.2) is 29.2 Å². The van der Waals surface area contributed by atoms with Crippen molar-refractivity contribution in [2.45, 2.75) is 68.7 Å². The van der Waals surface area contributed by atoms with Crippen LogP contribution < -0.4 is 0 Å². The lowest BCUT2D eigenvalue weighted by molar-refractivity contribution is -0.137. The van der Waals surface area contributed by atoms with Crippen LogP contribution in [-0.4, -0.2) is 51.0 Å². The molecule has 0 bridgehead atoms. The summed E-state index contributed by atoms with van der Waals surface area (Å²) in [6.45, 7) is 2.83. The molecule has 0 spiro atoms. The molecule has 1 aliphatic carbocycles. The van der Waals surface area contributed by atoms with Crippen molar-refractivity contribution >= 4 is 15.9 Å². The number of rotatable bonds is 9. The Labute approximate surface area is 175 Å². The lowest BCUT2D eigenvalue weighted by Crippen LogP contribution is -2.40. The van der Waals surface area contributed by atoms with Gasteiger partial charge in [-0.2, -0.15) is 17.5 Å². The second kappa shape index (κ2) is 10.6. The lowest BCUT2D eigenvalue weighted by atomic mass is 9.93. The van der Waals surface area contributed by atoms with Gasteiger partial charge in [-0.3, -0.25) is 5.41 Å². The van der Waals surface area contributed by atoms with Crippen molar-refractivity contribution in [3.8, 4) is 0 Å². The summed E-state index contributed by atoms with van der Waals surface area (Å²) in [6, 6.07) is 3.36. The summed E-state index contributed by atoms with van der Waals surface area (Å²) in [5, 5.41) is 7.56. The number of nitrogens with zero attached hydrogens (tertiary/aromatic N) is 1. The Morgan fingerprint density at radius 1 is 1.17 bits per heavy atom. The maximum absolute atomic E-state index is 12.8. The van der Waals surface area contributed by atoms with E-state index in [0.717, 1.165) is 24.3 Å². The van der Waals surface area contributed by atoms with Crippen LogP contribution in [0.5, 0.6) is 0 Å². The van der Waals surface area contributed by atoms with E-state index in [2.05, 4.69) is 0 Å². The molecule has 1 aromatic rings. The van der Waals surface area contributed by atoms with E-state index < -0.39 is 21.8 Å². The van der Waals surface area contributed by atoms with Crippen LogP contribution in [0, 0.1) is 5.41 Å². The van der Waals surface area contributed by atoms with Crippen LogP contribution in [-0.2, 0) is 25.7 Å². The van der Waals surface area contributed by atoms with Crippen molar-refractivity contribution < 1.29 is 31.1 Å². The number of hydrogen-bond acceptors (Lipinski definition) is 5. The standard InChI is InChI=1S/C20H29F3N2O4S/c1-3-28-19(24)5-4-14-29-17-10-8-16(9-11-17)25(2)30(26,27)18-12-6-15(7-13-18)20(21,22)23/h6-7,12-13,16-17,24H,3-5,8-11,14H2,1-2H3. The Kier molecular flexibility index (Phi) is 8.69. The summed E-state index contributed by atoms with van der Waals surface area (Å²) < 4.78 is 75.8. The van der Waals surface area contributed by atoms with Gasteiger partial charge in [-0.15, -0.1) is 0 Å². The number of benzene rings is 1. The molecule has 0 radical (unpaired) electrons. The zero-order valence-electron chi connectivity index (χ0n) is 17.2. The Hall–Kier alpha value is -1.65. The predicted molar refractivity (Wildman–Crippen MR) is 107 cm³/mol. The van der Waals surface area contributed by atoms with Crippen molar-refractivity contribution in [3.05, 3.63) is 29.8 Å². The summed E-state index contributed by atoms with van der Waals surface area (Å²) >= 11 is 0. The van der Waals surface area contributed by atoms with Gasteiger partial charge in [0.25, 0.3) is 0 Å². The molecule has 0 amide bonds. The molecule has 2 rings (SSSR count). The van der Waals surface area contributed by atoms with Crippen LogP contribution >= 0.6 is 0 Å². The van der Waals surface area contributed by atoms with Gasteiger partial charge in [0, 0.05) is 26.1 Å². The Morgan fingerprint density at radius 2 is 1.77 bits per heavy atom. The van der Waals surface area contributed by atoms with Gasteiger partial charge >= 0.3 is 6.18 Å². The van der Waals surface area contributed by atoms with E-state index in [4.69, 9.17) is 14.9 Å². The fourth-order valence-electron chi connectivity index (χ4n) is 3.48. The molecule has 0 saturated heterocycles. The highest BCUT2D eigenvalue weighted by atomic mass is 32.2. The first-order valence-electron chi connectivity index (χ1n) is 10.0. The fraction of sp³-hybridized carbons (Fsp3) is 0.650. The molecule has 10 heteroatoms. The SMILES string of the molecule is CCOC(=N)CCCOC1CCC(N(C)S(=O)(=O)c2ccc(C(F)(F)F)cc2)CC1. The van der Waals surface area contributed by atoms with E-state index in [1.54, 1.807) is 0 Å². The van der Waals surface area contributed by atoms with Crippen LogP contribution in [0.25, 0.3) is 0 Å². The molecule has 1 N–H and O–H groups in total. The van der Waals surface area contributed by atoms with Gasteiger partial charge in [0.15, 0.2) is 5.90 Å². The topological polar surface area (TPSA) is 79.7 Å². The van der Waals surface area contributed by atoms with Crippen LogP contribution in [0.2, 0.25) is 0 Å². The van der Waals surface area contributed by atoms with Gasteiger partial charge in [0.1, 0.15) is 0 Å².